The molecule has 1 aromatic carbocycles. The number of carbonyl (C=O) groups excluding carboxylic acids is 2. The number of likely N-dealkylation sites (tertiary alicyclic amines) is 1. The monoisotopic (exact) mass is 319 g/mol. The van der Waals surface area contributed by atoms with Crippen LogP contribution in [0.5, 0.6) is 0 Å². The highest BCUT2D eigenvalue weighted by Crippen LogP contribution is 2.23. The van der Waals surface area contributed by atoms with Gasteiger partial charge < -0.3 is 14.4 Å². The Hall–Kier alpha value is -2.04. The van der Waals surface area contributed by atoms with Gasteiger partial charge in [0.2, 0.25) is 0 Å². The molecule has 0 unspecified atom stereocenters. The molecule has 0 aromatic heterocycles. The van der Waals surface area contributed by atoms with Crippen molar-refractivity contribution in [3.05, 3.63) is 35.9 Å². The van der Waals surface area contributed by atoms with E-state index in [4.69, 9.17) is 9.47 Å². The third-order valence-corrected chi connectivity index (χ3v) is 4.04. The number of hydrogen-bond acceptors (Lipinski definition) is 4. The summed E-state index contributed by atoms with van der Waals surface area (Å²) in [4.78, 5) is 25.4. The molecule has 0 spiro atoms. The van der Waals surface area contributed by atoms with Crippen LogP contribution in [0.3, 0.4) is 0 Å². The first-order chi connectivity index (χ1) is 11.2. The second-order valence-electron chi connectivity index (χ2n) is 5.73. The van der Waals surface area contributed by atoms with Gasteiger partial charge in [0.05, 0.1) is 6.61 Å². The zero-order valence-electron chi connectivity index (χ0n) is 13.7. The smallest absolute Gasteiger partial charge is 0.410 e. The Morgan fingerprint density at radius 3 is 2.74 bits per heavy atom. The summed E-state index contributed by atoms with van der Waals surface area (Å²) in [5.41, 5.74) is 0.985. The highest BCUT2D eigenvalue weighted by Gasteiger charge is 2.29. The van der Waals surface area contributed by atoms with Crippen LogP contribution in [-0.2, 0) is 20.9 Å². The minimum atomic E-state index is -0.257. The van der Waals surface area contributed by atoms with E-state index in [1.54, 1.807) is 11.8 Å². The van der Waals surface area contributed by atoms with E-state index >= 15 is 0 Å². The molecule has 0 bridgehead atoms. The molecule has 1 aliphatic rings. The Morgan fingerprint density at radius 2 is 2.00 bits per heavy atom. The van der Waals surface area contributed by atoms with Crippen LogP contribution in [0, 0.1) is 0 Å². The first-order valence-electron chi connectivity index (χ1n) is 8.33. The third kappa shape index (κ3) is 5.58. The van der Waals surface area contributed by atoms with E-state index in [1.807, 2.05) is 30.3 Å². The van der Waals surface area contributed by atoms with E-state index < -0.39 is 0 Å². The normalized spacial score (nSPS) is 17.1. The molecule has 23 heavy (non-hydrogen) atoms. The molecule has 126 valence electrons. The lowest BCUT2D eigenvalue weighted by Crippen LogP contribution is -2.36. The average molecular weight is 319 g/mol. The van der Waals surface area contributed by atoms with Gasteiger partial charge >= 0.3 is 12.1 Å². The van der Waals surface area contributed by atoms with Gasteiger partial charge in [-0.1, -0.05) is 30.3 Å². The number of carbonyl (C=O) groups is 2. The Bertz CT molecular complexity index is 503. The molecule has 0 aliphatic carbocycles. The van der Waals surface area contributed by atoms with Crippen molar-refractivity contribution < 1.29 is 19.1 Å². The number of amides is 1. The highest BCUT2D eigenvalue weighted by atomic mass is 16.6. The van der Waals surface area contributed by atoms with Gasteiger partial charge in [0.15, 0.2) is 0 Å². The van der Waals surface area contributed by atoms with E-state index in [0.29, 0.717) is 19.6 Å². The van der Waals surface area contributed by atoms with Crippen molar-refractivity contribution in [1.29, 1.82) is 0 Å². The SMILES string of the molecule is CCOC(=O)CCC[C@@H]1CCCN1C(=O)OCc1ccccc1. The van der Waals surface area contributed by atoms with Crippen molar-refractivity contribution in [2.24, 2.45) is 0 Å². The van der Waals surface area contributed by atoms with Gasteiger partial charge in [-0.15, -0.1) is 0 Å². The molecule has 1 amide bonds. The van der Waals surface area contributed by atoms with Crippen LogP contribution in [0.1, 0.15) is 44.6 Å². The van der Waals surface area contributed by atoms with Gasteiger partial charge in [-0.2, -0.15) is 0 Å². The maximum absolute atomic E-state index is 12.2. The minimum Gasteiger partial charge on any atom is -0.466 e. The summed E-state index contributed by atoms with van der Waals surface area (Å²) in [6, 6.07) is 9.84. The van der Waals surface area contributed by atoms with Gasteiger partial charge in [0, 0.05) is 19.0 Å². The largest absolute Gasteiger partial charge is 0.466 e. The first kappa shape index (κ1) is 17.3. The molecule has 2 rings (SSSR count). The van der Waals surface area contributed by atoms with Crippen LogP contribution in [0.2, 0.25) is 0 Å². The maximum Gasteiger partial charge on any atom is 0.410 e. The Labute approximate surface area is 137 Å². The van der Waals surface area contributed by atoms with Gasteiger partial charge in [-0.3, -0.25) is 4.79 Å². The number of benzene rings is 1. The van der Waals surface area contributed by atoms with E-state index in [0.717, 1.165) is 37.8 Å². The van der Waals surface area contributed by atoms with Gasteiger partial charge in [0.25, 0.3) is 0 Å². The summed E-state index contributed by atoms with van der Waals surface area (Å²) in [5, 5.41) is 0. The highest BCUT2D eigenvalue weighted by molar-refractivity contribution is 5.69. The summed E-state index contributed by atoms with van der Waals surface area (Å²) in [6.07, 6.45) is 3.68. The number of rotatable bonds is 7. The molecule has 1 saturated heterocycles. The maximum atomic E-state index is 12.2. The zero-order chi connectivity index (χ0) is 16.5. The second-order valence-corrected chi connectivity index (χ2v) is 5.73. The van der Waals surface area contributed by atoms with Gasteiger partial charge in [-0.05, 0) is 38.2 Å². The molecule has 0 radical (unpaired) electrons. The van der Waals surface area contributed by atoms with Crippen LogP contribution in [0.15, 0.2) is 30.3 Å². The summed E-state index contributed by atoms with van der Waals surface area (Å²) in [7, 11) is 0. The summed E-state index contributed by atoms with van der Waals surface area (Å²) in [5.74, 6) is -0.163. The first-order valence-corrected chi connectivity index (χ1v) is 8.33. The van der Waals surface area contributed by atoms with Crippen molar-refractivity contribution in [3.8, 4) is 0 Å². The Kier molecular flexibility index (Phi) is 6.91. The second kappa shape index (κ2) is 9.18. The summed E-state index contributed by atoms with van der Waals surface area (Å²) in [6.45, 7) is 3.25. The molecule has 1 fully saturated rings. The molecule has 0 saturated carbocycles. The molecule has 1 aliphatic heterocycles. The predicted octanol–water partition coefficient (Wildman–Crippen LogP) is 3.52. The number of esters is 1. The van der Waals surface area contributed by atoms with Crippen LogP contribution < -0.4 is 0 Å². The molecular weight excluding hydrogens is 294 g/mol. The fourth-order valence-corrected chi connectivity index (χ4v) is 2.89. The topological polar surface area (TPSA) is 55.8 Å². The molecular formula is C18H25NO4. The average Bonchev–Trinajstić information content (AvgIpc) is 3.02. The predicted molar refractivity (Wildman–Crippen MR) is 86.8 cm³/mol. The Morgan fingerprint density at radius 1 is 1.22 bits per heavy atom. The molecule has 1 heterocycles. The minimum absolute atomic E-state index is 0.163. The van der Waals surface area contributed by atoms with Gasteiger partial charge in [0.1, 0.15) is 6.61 Å². The van der Waals surface area contributed by atoms with Crippen molar-refractivity contribution in [2.75, 3.05) is 13.2 Å². The van der Waals surface area contributed by atoms with Crippen LogP contribution in [-0.4, -0.2) is 36.2 Å². The van der Waals surface area contributed by atoms with E-state index in [1.165, 1.54) is 0 Å². The van der Waals surface area contributed by atoms with E-state index in [-0.39, 0.29) is 18.1 Å². The molecule has 5 nitrogen and oxygen atoms in total. The lowest BCUT2D eigenvalue weighted by Gasteiger charge is -2.24. The van der Waals surface area contributed by atoms with Crippen molar-refractivity contribution in [2.45, 2.75) is 51.7 Å². The third-order valence-electron chi connectivity index (χ3n) is 4.04. The lowest BCUT2D eigenvalue weighted by molar-refractivity contribution is -0.143. The number of hydrogen-bond donors (Lipinski definition) is 0. The van der Waals surface area contributed by atoms with Crippen molar-refractivity contribution in [1.82, 2.24) is 4.90 Å². The molecule has 5 heteroatoms. The van der Waals surface area contributed by atoms with E-state index in [2.05, 4.69) is 0 Å². The standard InChI is InChI=1S/C18H25NO4/c1-2-22-17(20)12-6-10-16-11-7-13-19(16)18(21)23-14-15-8-4-3-5-9-15/h3-5,8-9,16H,2,6-7,10-14H2,1H3/t16-/m1/s1. The molecule has 1 atom stereocenters. The van der Waals surface area contributed by atoms with Crippen molar-refractivity contribution in [3.63, 3.8) is 0 Å². The molecule has 1 aromatic rings. The number of nitrogens with zero attached hydrogens (tertiary/aromatic N) is 1. The van der Waals surface area contributed by atoms with Crippen LogP contribution in [0.4, 0.5) is 4.79 Å². The number of ether oxygens (including phenoxy) is 2. The quantitative estimate of drug-likeness (QED) is 0.722. The summed E-state index contributed by atoms with van der Waals surface area (Å²) >= 11 is 0. The van der Waals surface area contributed by atoms with Gasteiger partial charge in [-0.25, -0.2) is 4.79 Å². The fourth-order valence-electron chi connectivity index (χ4n) is 2.89. The van der Waals surface area contributed by atoms with Crippen molar-refractivity contribution >= 4 is 12.1 Å². The van der Waals surface area contributed by atoms with E-state index in [9.17, 15) is 9.59 Å². The summed E-state index contributed by atoms with van der Waals surface area (Å²) < 4.78 is 10.3. The van der Waals surface area contributed by atoms with Crippen LogP contribution >= 0.6 is 0 Å². The fraction of sp³-hybridized carbons (Fsp3) is 0.556. The molecule has 0 N–H and O–H groups in total. The Balaban J connectivity index is 1.74. The zero-order valence-corrected chi connectivity index (χ0v) is 13.7. The lowest BCUT2D eigenvalue weighted by atomic mass is 10.1. The van der Waals surface area contributed by atoms with Crippen LogP contribution in [0.25, 0.3) is 0 Å².